The smallest absolute Gasteiger partial charge is 0.178 e. The Kier molecular flexibility index (Phi) is 4.81. The molecule has 2 aromatic carbocycles. The summed E-state index contributed by atoms with van der Waals surface area (Å²) in [6.45, 7) is 6.66. The molecule has 0 radical (unpaired) electrons. The van der Waals surface area contributed by atoms with Gasteiger partial charge in [0.2, 0.25) is 0 Å². The van der Waals surface area contributed by atoms with E-state index in [9.17, 15) is 8.42 Å². The lowest BCUT2D eigenvalue weighted by atomic mass is 10.2. The summed E-state index contributed by atoms with van der Waals surface area (Å²) in [5.74, 6) is 1.07. The Hall–Kier alpha value is -2.34. The fourth-order valence-electron chi connectivity index (χ4n) is 3.00. The van der Waals surface area contributed by atoms with Crippen LogP contribution in [0.15, 0.2) is 53.4 Å². The first-order valence-corrected chi connectivity index (χ1v) is 10.2. The number of anilines is 1. The van der Waals surface area contributed by atoms with E-state index in [1.165, 1.54) is 0 Å². The maximum atomic E-state index is 11.9. The monoisotopic (exact) mass is 357 g/mol. The Morgan fingerprint density at radius 2 is 1.76 bits per heavy atom. The average molecular weight is 357 g/mol. The molecule has 0 bridgehead atoms. The van der Waals surface area contributed by atoms with Gasteiger partial charge in [-0.2, -0.15) is 0 Å². The molecule has 6 heteroatoms. The molecule has 0 spiro atoms. The minimum Gasteiger partial charge on any atom is -0.375 e. The summed E-state index contributed by atoms with van der Waals surface area (Å²) < 4.78 is 26.0. The molecule has 0 aliphatic rings. The molecule has 0 aliphatic carbocycles. The third kappa shape index (κ3) is 3.39. The molecule has 0 saturated carbocycles. The second kappa shape index (κ2) is 6.88. The third-order valence-corrected chi connectivity index (χ3v) is 6.11. The minimum atomic E-state index is -3.17. The molecule has 1 unspecified atom stereocenters. The summed E-state index contributed by atoms with van der Waals surface area (Å²) in [5, 5.41) is 3.41. The normalized spacial score (nSPS) is 13.1. The van der Waals surface area contributed by atoms with Crippen LogP contribution in [0.2, 0.25) is 0 Å². The lowest BCUT2D eigenvalue weighted by Crippen LogP contribution is -2.13. The molecule has 1 aromatic heterocycles. The predicted octanol–water partition coefficient (Wildman–Crippen LogP) is 4.02. The van der Waals surface area contributed by atoms with Crippen molar-refractivity contribution in [3.05, 3.63) is 54.4 Å². The van der Waals surface area contributed by atoms with Gasteiger partial charge in [-0.05, 0) is 50.2 Å². The number of hydrogen-bond acceptors (Lipinski definition) is 4. The molecule has 3 rings (SSSR count). The molecule has 1 atom stereocenters. The summed E-state index contributed by atoms with van der Waals surface area (Å²) in [6, 6.07) is 15.0. The zero-order chi connectivity index (χ0) is 18.0. The van der Waals surface area contributed by atoms with Gasteiger partial charge in [-0.25, -0.2) is 13.4 Å². The zero-order valence-corrected chi connectivity index (χ0v) is 15.5. The quantitative estimate of drug-likeness (QED) is 0.723. The number of sulfone groups is 1. The van der Waals surface area contributed by atoms with Gasteiger partial charge in [0.1, 0.15) is 5.82 Å². The molecule has 0 saturated heterocycles. The third-order valence-electron chi connectivity index (χ3n) is 4.36. The summed E-state index contributed by atoms with van der Waals surface area (Å²) >= 11 is 0. The molecule has 0 aliphatic heterocycles. The largest absolute Gasteiger partial charge is 0.375 e. The van der Waals surface area contributed by atoms with Crippen molar-refractivity contribution in [2.45, 2.75) is 38.3 Å². The average Bonchev–Trinajstić information content (AvgIpc) is 3.01. The SMILES string of the molecule is CCn1c(C(C)Nc2ccc(S(=O)(=O)CC)cc2)nc2ccccc21. The van der Waals surface area contributed by atoms with Crippen LogP contribution in [-0.4, -0.2) is 23.7 Å². The van der Waals surface area contributed by atoms with Crippen LogP contribution in [0.3, 0.4) is 0 Å². The van der Waals surface area contributed by atoms with Crippen molar-refractivity contribution in [3.8, 4) is 0 Å². The second-order valence-electron chi connectivity index (χ2n) is 6.00. The van der Waals surface area contributed by atoms with E-state index in [0.717, 1.165) is 29.1 Å². The summed E-state index contributed by atoms with van der Waals surface area (Å²) in [7, 11) is -3.17. The van der Waals surface area contributed by atoms with Gasteiger partial charge in [-0.1, -0.05) is 19.1 Å². The Balaban J connectivity index is 1.86. The number of fused-ring (bicyclic) bond motifs is 1. The van der Waals surface area contributed by atoms with Crippen molar-refractivity contribution in [2.75, 3.05) is 11.1 Å². The van der Waals surface area contributed by atoms with Crippen molar-refractivity contribution in [1.82, 2.24) is 9.55 Å². The van der Waals surface area contributed by atoms with Gasteiger partial charge < -0.3 is 9.88 Å². The molecule has 132 valence electrons. The molecule has 1 N–H and O–H groups in total. The second-order valence-corrected chi connectivity index (χ2v) is 8.28. The van der Waals surface area contributed by atoms with E-state index in [2.05, 4.69) is 29.8 Å². The van der Waals surface area contributed by atoms with Gasteiger partial charge in [0, 0.05) is 12.2 Å². The van der Waals surface area contributed by atoms with Crippen molar-refractivity contribution in [2.24, 2.45) is 0 Å². The Labute approximate surface area is 148 Å². The molecule has 25 heavy (non-hydrogen) atoms. The lowest BCUT2D eigenvalue weighted by Gasteiger charge is -2.16. The number of para-hydroxylation sites is 2. The highest BCUT2D eigenvalue weighted by Gasteiger charge is 2.16. The van der Waals surface area contributed by atoms with Gasteiger partial charge in [0.25, 0.3) is 0 Å². The molecular formula is C19H23N3O2S. The number of aryl methyl sites for hydroxylation is 1. The number of imidazole rings is 1. The van der Waals surface area contributed by atoms with Crippen molar-refractivity contribution in [1.29, 1.82) is 0 Å². The van der Waals surface area contributed by atoms with E-state index < -0.39 is 9.84 Å². The van der Waals surface area contributed by atoms with Gasteiger partial charge in [-0.3, -0.25) is 0 Å². The summed E-state index contributed by atoms with van der Waals surface area (Å²) in [4.78, 5) is 5.11. The van der Waals surface area contributed by atoms with Crippen molar-refractivity contribution in [3.63, 3.8) is 0 Å². The number of rotatable bonds is 6. The molecule has 3 aromatic rings. The first-order valence-electron chi connectivity index (χ1n) is 8.50. The first-order chi connectivity index (χ1) is 12.0. The van der Waals surface area contributed by atoms with Crippen LogP contribution >= 0.6 is 0 Å². The fourth-order valence-corrected chi connectivity index (χ4v) is 3.88. The van der Waals surface area contributed by atoms with Crippen LogP contribution in [0.1, 0.15) is 32.6 Å². The van der Waals surface area contributed by atoms with E-state index in [0.29, 0.717) is 4.90 Å². The molecular weight excluding hydrogens is 334 g/mol. The van der Waals surface area contributed by atoms with Gasteiger partial charge in [0.15, 0.2) is 9.84 Å². The van der Waals surface area contributed by atoms with Gasteiger partial charge in [0.05, 0.1) is 27.7 Å². The Morgan fingerprint density at radius 1 is 1.08 bits per heavy atom. The first kappa shape index (κ1) is 17.5. The number of hydrogen-bond donors (Lipinski definition) is 1. The van der Waals surface area contributed by atoms with Crippen molar-refractivity contribution < 1.29 is 8.42 Å². The molecule has 5 nitrogen and oxygen atoms in total. The molecule has 0 amide bonds. The van der Waals surface area contributed by atoms with Gasteiger partial charge in [-0.15, -0.1) is 0 Å². The Morgan fingerprint density at radius 3 is 2.40 bits per heavy atom. The topological polar surface area (TPSA) is 64.0 Å². The number of benzene rings is 2. The van der Waals surface area contributed by atoms with Gasteiger partial charge >= 0.3 is 0 Å². The Bertz CT molecular complexity index is 976. The predicted molar refractivity (Wildman–Crippen MR) is 102 cm³/mol. The zero-order valence-electron chi connectivity index (χ0n) is 14.7. The highest BCUT2D eigenvalue weighted by atomic mass is 32.2. The highest BCUT2D eigenvalue weighted by molar-refractivity contribution is 7.91. The minimum absolute atomic E-state index is 0.000910. The lowest BCUT2D eigenvalue weighted by molar-refractivity contribution is 0.597. The van der Waals surface area contributed by atoms with E-state index in [1.54, 1.807) is 31.2 Å². The highest BCUT2D eigenvalue weighted by Crippen LogP contribution is 2.24. The van der Waals surface area contributed by atoms with E-state index in [-0.39, 0.29) is 11.8 Å². The maximum absolute atomic E-state index is 11.9. The van der Waals surface area contributed by atoms with Crippen LogP contribution in [0.4, 0.5) is 5.69 Å². The standard InChI is InChI=1S/C19H23N3O2S/c1-4-22-18-9-7-6-8-17(18)21-19(22)14(3)20-15-10-12-16(13-11-15)25(23,24)5-2/h6-14,20H,4-5H2,1-3H3. The summed E-state index contributed by atoms with van der Waals surface area (Å²) in [5.41, 5.74) is 2.98. The number of aromatic nitrogens is 2. The summed E-state index contributed by atoms with van der Waals surface area (Å²) in [6.07, 6.45) is 0. The maximum Gasteiger partial charge on any atom is 0.178 e. The number of nitrogens with zero attached hydrogens (tertiary/aromatic N) is 2. The van der Waals surface area contributed by atoms with E-state index >= 15 is 0 Å². The van der Waals surface area contributed by atoms with Crippen LogP contribution in [0.5, 0.6) is 0 Å². The fraction of sp³-hybridized carbons (Fsp3) is 0.316. The van der Waals surface area contributed by atoms with E-state index in [4.69, 9.17) is 4.98 Å². The van der Waals surface area contributed by atoms with Crippen LogP contribution < -0.4 is 5.32 Å². The number of nitrogens with one attached hydrogen (secondary N) is 1. The van der Waals surface area contributed by atoms with Crippen molar-refractivity contribution >= 4 is 26.6 Å². The molecule has 1 heterocycles. The van der Waals surface area contributed by atoms with Crippen LogP contribution in [-0.2, 0) is 16.4 Å². The van der Waals surface area contributed by atoms with Crippen LogP contribution in [0.25, 0.3) is 11.0 Å². The molecule has 0 fully saturated rings. The van der Waals surface area contributed by atoms with E-state index in [1.807, 2.05) is 18.2 Å². The van der Waals surface area contributed by atoms with Crippen LogP contribution in [0, 0.1) is 0 Å².